The lowest BCUT2D eigenvalue weighted by atomic mass is 10.1. The molecule has 0 aliphatic heterocycles. The van der Waals surface area contributed by atoms with Gasteiger partial charge in [0.15, 0.2) is 0 Å². The highest BCUT2D eigenvalue weighted by Crippen LogP contribution is 2.33. The molecular formula is C21H22N4OS. The first-order valence-electron chi connectivity index (χ1n) is 9.28. The quantitative estimate of drug-likeness (QED) is 0.645. The van der Waals surface area contributed by atoms with Gasteiger partial charge in [-0.25, -0.2) is 0 Å². The lowest BCUT2D eigenvalue weighted by molar-refractivity contribution is -0.116. The second-order valence-corrected chi connectivity index (χ2v) is 7.69. The maximum absolute atomic E-state index is 12.1. The van der Waals surface area contributed by atoms with E-state index in [9.17, 15) is 4.79 Å². The molecular weight excluding hydrogens is 356 g/mol. The van der Waals surface area contributed by atoms with Crippen LogP contribution in [0.1, 0.15) is 42.3 Å². The van der Waals surface area contributed by atoms with Crippen LogP contribution in [0.15, 0.2) is 54.2 Å². The number of thiophene rings is 1. The zero-order valence-corrected chi connectivity index (χ0v) is 15.9. The highest BCUT2D eigenvalue weighted by Gasteiger charge is 2.22. The van der Waals surface area contributed by atoms with E-state index < -0.39 is 0 Å². The molecule has 1 aliphatic rings. The number of carbonyl (C=O) groups excluding carboxylic acids is 1. The summed E-state index contributed by atoms with van der Waals surface area (Å²) >= 11 is 1.61. The van der Waals surface area contributed by atoms with Gasteiger partial charge in [-0.15, -0.1) is 11.3 Å². The van der Waals surface area contributed by atoms with Gasteiger partial charge in [-0.3, -0.25) is 14.5 Å². The Kier molecular flexibility index (Phi) is 5.44. The van der Waals surface area contributed by atoms with Crippen molar-refractivity contribution >= 4 is 23.3 Å². The first-order chi connectivity index (χ1) is 13.3. The standard InChI is InChI=1S/C21H22N4OS/c26-21(8-7-19-6-3-13-27-19)23-15-17-14-20(16-9-11-22-12-10-16)25(24-17)18-4-1-2-5-18/h3,6-14,18H,1-2,4-5,15H2,(H,23,26). The molecule has 1 amide bonds. The fourth-order valence-electron chi connectivity index (χ4n) is 3.48. The monoisotopic (exact) mass is 378 g/mol. The van der Waals surface area contributed by atoms with Gasteiger partial charge in [0.25, 0.3) is 0 Å². The molecule has 5 nitrogen and oxygen atoms in total. The smallest absolute Gasteiger partial charge is 0.244 e. The third-order valence-corrected chi connectivity index (χ3v) is 5.66. The number of hydrogen-bond acceptors (Lipinski definition) is 4. The number of carbonyl (C=O) groups is 1. The molecule has 1 fully saturated rings. The van der Waals surface area contributed by atoms with Crippen LogP contribution in [0.4, 0.5) is 0 Å². The van der Waals surface area contributed by atoms with Crippen LogP contribution in [-0.4, -0.2) is 20.7 Å². The van der Waals surface area contributed by atoms with Gasteiger partial charge in [-0.05, 0) is 48.6 Å². The molecule has 1 saturated carbocycles. The maximum Gasteiger partial charge on any atom is 0.244 e. The summed E-state index contributed by atoms with van der Waals surface area (Å²) < 4.78 is 2.14. The van der Waals surface area contributed by atoms with E-state index >= 15 is 0 Å². The van der Waals surface area contributed by atoms with Crippen LogP contribution in [0.5, 0.6) is 0 Å². The second-order valence-electron chi connectivity index (χ2n) is 6.71. The van der Waals surface area contributed by atoms with Crippen LogP contribution >= 0.6 is 11.3 Å². The fourth-order valence-corrected chi connectivity index (χ4v) is 4.10. The van der Waals surface area contributed by atoms with Gasteiger partial charge in [0.05, 0.1) is 24.0 Å². The molecule has 1 N–H and O–H groups in total. The van der Waals surface area contributed by atoms with E-state index in [1.54, 1.807) is 29.8 Å². The van der Waals surface area contributed by atoms with E-state index in [0.29, 0.717) is 12.6 Å². The third-order valence-electron chi connectivity index (χ3n) is 4.82. The Morgan fingerprint density at radius 2 is 2.07 bits per heavy atom. The Bertz CT molecular complexity index is 909. The van der Waals surface area contributed by atoms with Crippen molar-refractivity contribution in [3.05, 3.63) is 64.8 Å². The molecule has 0 unspecified atom stereocenters. The molecule has 138 valence electrons. The van der Waals surface area contributed by atoms with Crippen molar-refractivity contribution in [3.8, 4) is 11.3 Å². The molecule has 0 radical (unpaired) electrons. The van der Waals surface area contributed by atoms with Crippen molar-refractivity contribution in [2.75, 3.05) is 0 Å². The normalized spacial score (nSPS) is 14.8. The van der Waals surface area contributed by atoms with Crippen LogP contribution in [0.3, 0.4) is 0 Å². The third kappa shape index (κ3) is 4.34. The van der Waals surface area contributed by atoms with Crippen LogP contribution < -0.4 is 5.32 Å². The summed E-state index contributed by atoms with van der Waals surface area (Å²) in [6.45, 7) is 0.422. The average Bonchev–Trinajstić information content (AvgIpc) is 3.47. The topological polar surface area (TPSA) is 59.8 Å². The van der Waals surface area contributed by atoms with Crippen LogP contribution in [0, 0.1) is 0 Å². The molecule has 0 atom stereocenters. The predicted molar refractivity (Wildman–Crippen MR) is 108 cm³/mol. The van der Waals surface area contributed by atoms with E-state index in [-0.39, 0.29) is 5.91 Å². The van der Waals surface area contributed by atoms with Gasteiger partial charge < -0.3 is 5.32 Å². The van der Waals surface area contributed by atoms with Gasteiger partial charge in [0, 0.05) is 28.9 Å². The van der Waals surface area contributed by atoms with E-state index in [0.717, 1.165) is 34.7 Å². The molecule has 0 spiro atoms. The number of amides is 1. The van der Waals surface area contributed by atoms with Crippen molar-refractivity contribution < 1.29 is 4.79 Å². The maximum atomic E-state index is 12.1. The predicted octanol–water partition coefficient (Wildman–Crippen LogP) is 4.45. The Hall–Kier alpha value is -2.73. The second kappa shape index (κ2) is 8.31. The minimum Gasteiger partial charge on any atom is -0.347 e. The number of aromatic nitrogens is 3. The summed E-state index contributed by atoms with van der Waals surface area (Å²) in [6.07, 6.45) is 11.8. The zero-order valence-electron chi connectivity index (χ0n) is 15.0. The van der Waals surface area contributed by atoms with E-state index in [1.807, 2.05) is 35.7 Å². The van der Waals surface area contributed by atoms with Crippen molar-refractivity contribution in [2.24, 2.45) is 0 Å². The van der Waals surface area contributed by atoms with Crippen LogP contribution in [-0.2, 0) is 11.3 Å². The van der Waals surface area contributed by atoms with Gasteiger partial charge >= 0.3 is 0 Å². The largest absolute Gasteiger partial charge is 0.347 e. The molecule has 3 aromatic heterocycles. The molecule has 27 heavy (non-hydrogen) atoms. The van der Waals surface area contributed by atoms with E-state index in [4.69, 9.17) is 5.10 Å². The highest BCUT2D eigenvalue weighted by atomic mass is 32.1. The van der Waals surface area contributed by atoms with E-state index in [1.165, 1.54) is 12.8 Å². The Morgan fingerprint density at radius 1 is 1.26 bits per heavy atom. The molecule has 1 aliphatic carbocycles. The zero-order chi connectivity index (χ0) is 18.5. The molecule has 0 bridgehead atoms. The Balaban J connectivity index is 1.48. The van der Waals surface area contributed by atoms with Gasteiger partial charge in [0.1, 0.15) is 0 Å². The lowest BCUT2D eigenvalue weighted by Crippen LogP contribution is -2.20. The summed E-state index contributed by atoms with van der Waals surface area (Å²) in [5, 5.41) is 9.74. The number of nitrogens with zero attached hydrogens (tertiary/aromatic N) is 3. The highest BCUT2D eigenvalue weighted by molar-refractivity contribution is 7.10. The molecule has 0 saturated heterocycles. The van der Waals surface area contributed by atoms with Gasteiger partial charge in [-0.2, -0.15) is 5.10 Å². The minimum absolute atomic E-state index is 0.107. The van der Waals surface area contributed by atoms with Crippen molar-refractivity contribution in [2.45, 2.75) is 38.3 Å². The Labute approximate surface area is 162 Å². The average molecular weight is 379 g/mol. The summed E-state index contributed by atoms with van der Waals surface area (Å²) in [5.41, 5.74) is 3.09. The molecule has 6 heteroatoms. The summed E-state index contributed by atoms with van der Waals surface area (Å²) in [6, 6.07) is 10.5. The minimum atomic E-state index is -0.107. The first-order valence-corrected chi connectivity index (χ1v) is 10.2. The van der Waals surface area contributed by atoms with Crippen LogP contribution in [0.2, 0.25) is 0 Å². The number of hydrogen-bond donors (Lipinski definition) is 1. The summed E-state index contributed by atoms with van der Waals surface area (Å²) in [7, 11) is 0. The van der Waals surface area contributed by atoms with E-state index in [2.05, 4.69) is 21.0 Å². The summed E-state index contributed by atoms with van der Waals surface area (Å²) in [5.74, 6) is -0.107. The van der Waals surface area contributed by atoms with Gasteiger partial charge in [-0.1, -0.05) is 18.9 Å². The Morgan fingerprint density at radius 3 is 2.81 bits per heavy atom. The van der Waals surface area contributed by atoms with Crippen LogP contribution in [0.25, 0.3) is 17.3 Å². The first kappa shape index (κ1) is 17.7. The van der Waals surface area contributed by atoms with Gasteiger partial charge in [0.2, 0.25) is 5.91 Å². The molecule has 0 aromatic carbocycles. The molecule has 3 aromatic rings. The number of rotatable bonds is 6. The molecule has 4 rings (SSSR count). The molecule has 3 heterocycles. The number of nitrogens with one attached hydrogen (secondary N) is 1. The SMILES string of the molecule is O=C(C=Cc1cccs1)NCc1cc(-c2ccncc2)n(C2CCCC2)n1. The number of pyridine rings is 1. The summed E-state index contributed by atoms with van der Waals surface area (Å²) in [4.78, 5) is 17.3. The van der Waals surface area contributed by atoms with Crippen molar-refractivity contribution in [1.82, 2.24) is 20.1 Å². The van der Waals surface area contributed by atoms with Crippen molar-refractivity contribution in [1.29, 1.82) is 0 Å². The fraction of sp³-hybridized carbons (Fsp3) is 0.286. The lowest BCUT2D eigenvalue weighted by Gasteiger charge is -2.14. The van der Waals surface area contributed by atoms with Crippen molar-refractivity contribution in [3.63, 3.8) is 0 Å².